The Morgan fingerprint density at radius 2 is 1.93 bits per heavy atom. The van der Waals surface area contributed by atoms with E-state index < -0.39 is 5.91 Å². The zero-order valence-corrected chi connectivity index (χ0v) is 19.1. The SMILES string of the molecule is CCNC(=NCc1ccc(C(N)=O)o1)NC1CCN(Cc2ccccc2)CC1.I. The summed E-state index contributed by atoms with van der Waals surface area (Å²) in [4.78, 5) is 18.2. The number of rotatable bonds is 7. The molecule has 0 atom stereocenters. The standard InChI is InChI=1S/C21H29N5O2.HI/c1-2-23-21(24-14-18-8-9-19(28-18)20(22)27)25-17-10-12-26(13-11-17)15-16-6-4-3-5-7-16;/h3-9,17H,2,10-15H2,1H3,(H2,22,27)(H2,23,24,25);1H. The molecule has 3 rings (SSSR count). The van der Waals surface area contributed by atoms with Crippen LogP contribution in [-0.4, -0.2) is 42.4 Å². The summed E-state index contributed by atoms with van der Waals surface area (Å²) in [6.45, 7) is 6.30. The first-order valence-electron chi connectivity index (χ1n) is 9.83. The molecule has 29 heavy (non-hydrogen) atoms. The molecular formula is C21H30IN5O2. The van der Waals surface area contributed by atoms with Crippen molar-refractivity contribution < 1.29 is 9.21 Å². The van der Waals surface area contributed by atoms with E-state index in [0.29, 0.717) is 18.3 Å². The maximum absolute atomic E-state index is 11.1. The maximum atomic E-state index is 11.1. The van der Waals surface area contributed by atoms with Crippen molar-refractivity contribution in [1.29, 1.82) is 0 Å². The molecule has 0 radical (unpaired) electrons. The van der Waals surface area contributed by atoms with E-state index in [1.54, 1.807) is 12.1 Å². The van der Waals surface area contributed by atoms with E-state index >= 15 is 0 Å². The second-order valence-corrected chi connectivity index (χ2v) is 7.01. The first kappa shape index (κ1) is 23.2. The lowest BCUT2D eigenvalue weighted by Gasteiger charge is -2.33. The summed E-state index contributed by atoms with van der Waals surface area (Å²) in [7, 11) is 0. The number of guanidine groups is 1. The fourth-order valence-electron chi connectivity index (χ4n) is 3.34. The molecule has 1 aromatic carbocycles. The molecule has 1 saturated heterocycles. The molecular weight excluding hydrogens is 481 g/mol. The summed E-state index contributed by atoms with van der Waals surface area (Å²) in [6, 6.07) is 14.3. The molecule has 0 bridgehead atoms. The van der Waals surface area contributed by atoms with Gasteiger partial charge in [0.1, 0.15) is 12.3 Å². The Hall–Kier alpha value is -2.07. The molecule has 0 unspecified atom stereocenters. The Kier molecular flexibility index (Phi) is 9.46. The van der Waals surface area contributed by atoms with Crippen LogP contribution < -0.4 is 16.4 Å². The highest BCUT2D eigenvalue weighted by atomic mass is 127. The molecule has 2 heterocycles. The number of furan rings is 1. The second kappa shape index (κ2) is 11.8. The topological polar surface area (TPSA) is 95.9 Å². The van der Waals surface area contributed by atoms with E-state index in [4.69, 9.17) is 10.2 Å². The number of hydrogen-bond donors (Lipinski definition) is 3. The molecule has 8 heteroatoms. The number of aliphatic imine (C=N–C) groups is 1. The number of primary amides is 1. The number of halogens is 1. The van der Waals surface area contributed by atoms with E-state index in [1.165, 1.54) is 5.56 Å². The Bertz CT molecular complexity index is 785. The van der Waals surface area contributed by atoms with Gasteiger partial charge in [0.2, 0.25) is 0 Å². The monoisotopic (exact) mass is 511 g/mol. The lowest BCUT2D eigenvalue weighted by Crippen LogP contribution is -2.48. The van der Waals surface area contributed by atoms with Crippen molar-refractivity contribution in [2.45, 2.75) is 38.9 Å². The Balaban J connectivity index is 0.00000300. The van der Waals surface area contributed by atoms with Crippen molar-refractivity contribution in [1.82, 2.24) is 15.5 Å². The van der Waals surface area contributed by atoms with Gasteiger partial charge in [0.25, 0.3) is 5.91 Å². The quantitative estimate of drug-likeness (QED) is 0.302. The number of amides is 1. The van der Waals surface area contributed by atoms with E-state index in [2.05, 4.69) is 50.9 Å². The number of likely N-dealkylation sites (tertiary alicyclic amines) is 1. The predicted molar refractivity (Wildman–Crippen MR) is 125 cm³/mol. The van der Waals surface area contributed by atoms with Crippen molar-refractivity contribution >= 4 is 35.8 Å². The molecule has 4 N–H and O–H groups in total. The molecule has 0 spiro atoms. The molecule has 158 valence electrons. The van der Waals surface area contributed by atoms with Gasteiger partial charge >= 0.3 is 0 Å². The van der Waals surface area contributed by atoms with Gasteiger partial charge in [-0.25, -0.2) is 4.99 Å². The Morgan fingerprint density at radius 1 is 1.21 bits per heavy atom. The number of piperidine rings is 1. The second-order valence-electron chi connectivity index (χ2n) is 7.01. The van der Waals surface area contributed by atoms with Crippen LogP contribution in [0.5, 0.6) is 0 Å². The third-order valence-electron chi connectivity index (χ3n) is 4.82. The summed E-state index contributed by atoms with van der Waals surface area (Å²) in [5.74, 6) is 0.973. The normalized spacial score (nSPS) is 15.6. The molecule has 1 amide bonds. The largest absolute Gasteiger partial charge is 0.454 e. The van der Waals surface area contributed by atoms with Crippen molar-refractivity contribution in [3.05, 3.63) is 59.5 Å². The number of carbonyl (C=O) groups is 1. The molecule has 0 saturated carbocycles. The van der Waals surface area contributed by atoms with Gasteiger partial charge in [-0.15, -0.1) is 24.0 Å². The van der Waals surface area contributed by atoms with Crippen LogP contribution in [0.1, 0.15) is 41.6 Å². The molecule has 1 aliphatic rings. The first-order valence-corrected chi connectivity index (χ1v) is 9.83. The van der Waals surface area contributed by atoms with Crippen LogP contribution in [0, 0.1) is 0 Å². The van der Waals surface area contributed by atoms with Gasteiger partial charge < -0.3 is 20.8 Å². The van der Waals surface area contributed by atoms with Crippen LogP contribution in [0.2, 0.25) is 0 Å². The van der Waals surface area contributed by atoms with Crippen LogP contribution in [0.25, 0.3) is 0 Å². The number of nitrogens with two attached hydrogens (primary N) is 1. The van der Waals surface area contributed by atoms with E-state index in [1.807, 2.05) is 6.92 Å². The highest BCUT2D eigenvalue weighted by Crippen LogP contribution is 2.14. The summed E-state index contributed by atoms with van der Waals surface area (Å²) >= 11 is 0. The molecule has 1 aliphatic heterocycles. The molecule has 7 nitrogen and oxygen atoms in total. The van der Waals surface area contributed by atoms with Crippen LogP contribution in [0.4, 0.5) is 0 Å². The zero-order valence-electron chi connectivity index (χ0n) is 16.8. The minimum Gasteiger partial charge on any atom is -0.454 e. The van der Waals surface area contributed by atoms with Gasteiger partial charge in [-0.05, 0) is 37.5 Å². The van der Waals surface area contributed by atoms with Gasteiger partial charge in [-0.2, -0.15) is 0 Å². The van der Waals surface area contributed by atoms with Gasteiger partial charge in [-0.1, -0.05) is 30.3 Å². The van der Waals surface area contributed by atoms with Crippen LogP contribution in [0.3, 0.4) is 0 Å². The Morgan fingerprint density at radius 3 is 2.55 bits per heavy atom. The molecule has 1 fully saturated rings. The zero-order chi connectivity index (χ0) is 19.8. The van der Waals surface area contributed by atoms with E-state index in [0.717, 1.165) is 45.0 Å². The Labute approximate surface area is 189 Å². The summed E-state index contributed by atoms with van der Waals surface area (Å²) < 4.78 is 5.39. The number of hydrogen-bond acceptors (Lipinski definition) is 4. The van der Waals surface area contributed by atoms with Gasteiger partial charge in [0.05, 0.1) is 0 Å². The third kappa shape index (κ3) is 7.36. The minimum atomic E-state index is -0.567. The van der Waals surface area contributed by atoms with Crippen LogP contribution in [-0.2, 0) is 13.1 Å². The molecule has 2 aromatic rings. The number of nitrogens with zero attached hydrogens (tertiary/aromatic N) is 2. The lowest BCUT2D eigenvalue weighted by atomic mass is 10.0. The average Bonchev–Trinajstić information content (AvgIpc) is 3.18. The maximum Gasteiger partial charge on any atom is 0.284 e. The molecule has 1 aromatic heterocycles. The fraction of sp³-hybridized carbons (Fsp3) is 0.429. The lowest BCUT2D eigenvalue weighted by molar-refractivity contribution is 0.0972. The number of nitrogens with one attached hydrogen (secondary N) is 2. The predicted octanol–water partition coefficient (Wildman–Crippen LogP) is 2.72. The third-order valence-corrected chi connectivity index (χ3v) is 4.82. The van der Waals surface area contributed by atoms with E-state index in [-0.39, 0.29) is 29.7 Å². The molecule has 0 aliphatic carbocycles. The van der Waals surface area contributed by atoms with Crippen molar-refractivity contribution in [2.24, 2.45) is 10.7 Å². The van der Waals surface area contributed by atoms with Gasteiger partial charge in [0, 0.05) is 32.2 Å². The smallest absolute Gasteiger partial charge is 0.284 e. The summed E-state index contributed by atoms with van der Waals surface area (Å²) in [6.07, 6.45) is 2.15. The number of benzene rings is 1. The van der Waals surface area contributed by atoms with Crippen LogP contribution >= 0.6 is 24.0 Å². The van der Waals surface area contributed by atoms with Gasteiger partial charge in [-0.3, -0.25) is 9.69 Å². The van der Waals surface area contributed by atoms with Crippen molar-refractivity contribution in [2.75, 3.05) is 19.6 Å². The fourth-order valence-corrected chi connectivity index (χ4v) is 3.34. The van der Waals surface area contributed by atoms with Crippen LogP contribution in [0.15, 0.2) is 51.9 Å². The van der Waals surface area contributed by atoms with E-state index in [9.17, 15) is 4.79 Å². The highest BCUT2D eigenvalue weighted by Gasteiger charge is 2.20. The van der Waals surface area contributed by atoms with Gasteiger partial charge in [0.15, 0.2) is 11.7 Å². The summed E-state index contributed by atoms with van der Waals surface area (Å²) in [5.41, 5.74) is 6.58. The first-order chi connectivity index (χ1) is 13.6. The average molecular weight is 511 g/mol. The summed E-state index contributed by atoms with van der Waals surface area (Å²) in [5, 5.41) is 6.79. The van der Waals surface area contributed by atoms with Crippen molar-refractivity contribution in [3.63, 3.8) is 0 Å². The highest BCUT2D eigenvalue weighted by molar-refractivity contribution is 14.0. The minimum absolute atomic E-state index is 0. The van der Waals surface area contributed by atoms with Crippen molar-refractivity contribution in [3.8, 4) is 0 Å². The number of carbonyl (C=O) groups excluding carboxylic acids is 1.